The van der Waals surface area contributed by atoms with Crippen LogP contribution < -0.4 is 4.90 Å². The predicted octanol–water partition coefficient (Wildman–Crippen LogP) is 2.54. The standard InChI is InChI=1S/C14H17N5O2/c1-3-4-9-19-12(16-17-15)14(21)18(2)11-8-6-5-7-10(11)13(19)20/h5-8,12H,3-4,9H2,1-2H3. The molecule has 0 saturated carbocycles. The maximum atomic E-state index is 12.7. The highest BCUT2D eigenvalue weighted by atomic mass is 16.2. The Kier molecular flexibility index (Phi) is 4.45. The van der Waals surface area contributed by atoms with Gasteiger partial charge in [0.1, 0.15) is 0 Å². The maximum absolute atomic E-state index is 12.7. The van der Waals surface area contributed by atoms with E-state index in [9.17, 15) is 9.59 Å². The van der Waals surface area contributed by atoms with Gasteiger partial charge in [-0.3, -0.25) is 9.59 Å². The molecular weight excluding hydrogens is 270 g/mol. The van der Waals surface area contributed by atoms with Gasteiger partial charge in [-0.25, -0.2) is 0 Å². The van der Waals surface area contributed by atoms with Crippen molar-refractivity contribution in [2.75, 3.05) is 18.5 Å². The number of hydrogen-bond donors (Lipinski definition) is 0. The summed E-state index contributed by atoms with van der Waals surface area (Å²) in [5, 5.41) is 3.54. The van der Waals surface area contributed by atoms with Crippen molar-refractivity contribution in [2.24, 2.45) is 5.11 Å². The molecule has 1 aromatic rings. The van der Waals surface area contributed by atoms with Gasteiger partial charge in [0.15, 0.2) is 6.17 Å². The van der Waals surface area contributed by atoms with E-state index in [-0.39, 0.29) is 5.91 Å². The van der Waals surface area contributed by atoms with E-state index in [0.29, 0.717) is 17.8 Å². The molecule has 1 atom stereocenters. The summed E-state index contributed by atoms with van der Waals surface area (Å²) >= 11 is 0. The Labute approximate surface area is 122 Å². The third-order valence-corrected chi connectivity index (χ3v) is 3.52. The normalized spacial score (nSPS) is 18.1. The molecular formula is C14H17N5O2. The lowest BCUT2D eigenvalue weighted by Gasteiger charge is -2.26. The van der Waals surface area contributed by atoms with Gasteiger partial charge in [-0.05, 0) is 24.1 Å². The topological polar surface area (TPSA) is 89.4 Å². The highest BCUT2D eigenvalue weighted by Gasteiger charge is 2.37. The fraction of sp³-hybridized carbons (Fsp3) is 0.429. The number of carbonyl (C=O) groups excluding carboxylic acids is 2. The minimum atomic E-state index is -1.13. The molecule has 1 aliphatic rings. The first-order valence-corrected chi connectivity index (χ1v) is 6.83. The minimum absolute atomic E-state index is 0.283. The van der Waals surface area contributed by atoms with Gasteiger partial charge < -0.3 is 9.80 Å². The molecule has 0 radical (unpaired) electrons. The van der Waals surface area contributed by atoms with Crippen LogP contribution in [-0.2, 0) is 4.79 Å². The molecule has 0 bridgehead atoms. The Morgan fingerprint density at radius 1 is 1.33 bits per heavy atom. The third-order valence-electron chi connectivity index (χ3n) is 3.52. The van der Waals surface area contributed by atoms with Gasteiger partial charge in [-0.1, -0.05) is 30.6 Å². The van der Waals surface area contributed by atoms with Crippen molar-refractivity contribution in [1.82, 2.24) is 4.90 Å². The molecule has 0 saturated heterocycles. The number of para-hydroxylation sites is 1. The number of unbranched alkanes of at least 4 members (excludes halogenated alkanes) is 1. The van der Waals surface area contributed by atoms with E-state index < -0.39 is 12.1 Å². The number of rotatable bonds is 4. The van der Waals surface area contributed by atoms with Crippen molar-refractivity contribution in [3.63, 3.8) is 0 Å². The van der Waals surface area contributed by atoms with Crippen LogP contribution in [-0.4, -0.2) is 36.5 Å². The number of benzene rings is 1. The van der Waals surface area contributed by atoms with Crippen molar-refractivity contribution in [1.29, 1.82) is 0 Å². The minimum Gasteiger partial charge on any atom is -0.321 e. The molecule has 0 N–H and O–H groups in total. The molecule has 21 heavy (non-hydrogen) atoms. The number of carbonyl (C=O) groups is 2. The van der Waals surface area contributed by atoms with E-state index in [4.69, 9.17) is 5.53 Å². The Morgan fingerprint density at radius 2 is 2.05 bits per heavy atom. The molecule has 0 spiro atoms. The van der Waals surface area contributed by atoms with E-state index in [1.807, 2.05) is 6.92 Å². The first kappa shape index (κ1) is 14.9. The number of likely N-dealkylation sites (N-methyl/N-ethyl adjacent to an activating group) is 1. The quantitative estimate of drug-likeness (QED) is 0.484. The molecule has 0 aliphatic carbocycles. The number of hydrogen-bond acceptors (Lipinski definition) is 3. The van der Waals surface area contributed by atoms with Crippen LogP contribution in [0.1, 0.15) is 30.1 Å². The van der Waals surface area contributed by atoms with Crippen LogP contribution in [0.3, 0.4) is 0 Å². The van der Waals surface area contributed by atoms with Gasteiger partial charge in [-0.2, -0.15) is 0 Å². The fourth-order valence-corrected chi connectivity index (χ4v) is 2.35. The highest BCUT2D eigenvalue weighted by Crippen LogP contribution is 2.27. The molecule has 1 unspecified atom stereocenters. The van der Waals surface area contributed by atoms with Crippen molar-refractivity contribution in [3.05, 3.63) is 40.3 Å². The van der Waals surface area contributed by atoms with E-state index in [1.54, 1.807) is 31.3 Å². The monoisotopic (exact) mass is 287 g/mol. The Balaban J connectivity index is 2.54. The summed E-state index contributed by atoms with van der Waals surface area (Å²) in [6.45, 7) is 2.37. The average Bonchev–Trinajstić information content (AvgIpc) is 2.58. The van der Waals surface area contributed by atoms with Crippen molar-refractivity contribution < 1.29 is 9.59 Å². The summed E-state index contributed by atoms with van der Waals surface area (Å²) < 4.78 is 0. The van der Waals surface area contributed by atoms with Crippen molar-refractivity contribution in [3.8, 4) is 0 Å². The van der Waals surface area contributed by atoms with E-state index in [0.717, 1.165) is 12.8 Å². The number of anilines is 1. The molecule has 0 aromatic heterocycles. The van der Waals surface area contributed by atoms with Crippen LogP contribution in [0, 0.1) is 0 Å². The summed E-state index contributed by atoms with van der Waals surface area (Å²) in [6.07, 6.45) is 0.479. The molecule has 7 heteroatoms. The van der Waals surface area contributed by atoms with Gasteiger partial charge in [0.05, 0.1) is 11.3 Å². The second-order valence-corrected chi connectivity index (χ2v) is 4.85. The van der Waals surface area contributed by atoms with Crippen molar-refractivity contribution in [2.45, 2.75) is 25.9 Å². The summed E-state index contributed by atoms with van der Waals surface area (Å²) in [5.74, 6) is -0.684. The smallest absolute Gasteiger partial charge is 0.256 e. The molecule has 2 amide bonds. The number of amides is 2. The third kappa shape index (κ3) is 2.68. The second kappa shape index (κ2) is 6.28. The summed E-state index contributed by atoms with van der Waals surface area (Å²) in [6, 6.07) is 6.90. The zero-order valence-electron chi connectivity index (χ0n) is 12.1. The molecule has 1 aliphatic heterocycles. The van der Waals surface area contributed by atoms with Gasteiger partial charge in [0, 0.05) is 18.5 Å². The molecule has 7 nitrogen and oxygen atoms in total. The maximum Gasteiger partial charge on any atom is 0.256 e. The van der Waals surface area contributed by atoms with Crippen molar-refractivity contribution >= 4 is 17.5 Å². The van der Waals surface area contributed by atoms with Crippen LogP contribution in [0.5, 0.6) is 0 Å². The average molecular weight is 287 g/mol. The summed E-state index contributed by atoms with van der Waals surface area (Å²) in [5.41, 5.74) is 9.69. The fourth-order valence-electron chi connectivity index (χ4n) is 2.35. The van der Waals surface area contributed by atoms with Crippen LogP contribution >= 0.6 is 0 Å². The van der Waals surface area contributed by atoms with E-state index in [2.05, 4.69) is 10.0 Å². The largest absolute Gasteiger partial charge is 0.321 e. The van der Waals surface area contributed by atoms with Crippen LogP contribution in [0.15, 0.2) is 29.4 Å². The lowest BCUT2D eigenvalue weighted by atomic mass is 10.1. The number of nitrogens with zero attached hydrogens (tertiary/aromatic N) is 5. The molecule has 1 aromatic carbocycles. The first-order valence-electron chi connectivity index (χ1n) is 6.83. The van der Waals surface area contributed by atoms with Crippen LogP contribution in [0.25, 0.3) is 10.4 Å². The number of azide groups is 1. The van der Waals surface area contributed by atoms with Gasteiger partial charge >= 0.3 is 0 Å². The van der Waals surface area contributed by atoms with Crippen LogP contribution in [0.4, 0.5) is 5.69 Å². The van der Waals surface area contributed by atoms with E-state index in [1.165, 1.54) is 9.80 Å². The Morgan fingerprint density at radius 3 is 2.71 bits per heavy atom. The van der Waals surface area contributed by atoms with E-state index >= 15 is 0 Å². The zero-order chi connectivity index (χ0) is 15.4. The summed E-state index contributed by atoms with van der Waals surface area (Å²) in [4.78, 5) is 30.6. The highest BCUT2D eigenvalue weighted by molar-refractivity contribution is 6.10. The van der Waals surface area contributed by atoms with Crippen LogP contribution in [0.2, 0.25) is 0 Å². The first-order chi connectivity index (χ1) is 10.1. The Hall–Kier alpha value is -2.53. The zero-order valence-corrected chi connectivity index (χ0v) is 12.1. The molecule has 0 fully saturated rings. The molecule has 2 rings (SSSR count). The van der Waals surface area contributed by atoms with Gasteiger partial charge in [0.25, 0.3) is 11.8 Å². The number of fused-ring (bicyclic) bond motifs is 1. The lowest BCUT2D eigenvalue weighted by molar-refractivity contribution is -0.122. The molecule has 110 valence electrons. The SMILES string of the molecule is CCCCN1C(=O)c2ccccc2N(C)C(=O)C1N=[N+]=[N-]. The van der Waals surface area contributed by atoms with Gasteiger partial charge in [0.2, 0.25) is 0 Å². The predicted molar refractivity (Wildman–Crippen MR) is 78.7 cm³/mol. The second-order valence-electron chi connectivity index (χ2n) is 4.85. The Bertz CT molecular complexity index is 609. The summed E-state index contributed by atoms with van der Waals surface area (Å²) in [7, 11) is 1.58. The lowest BCUT2D eigenvalue weighted by Crippen LogP contribution is -2.46. The van der Waals surface area contributed by atoms with Gasteiger partial charge in [-0.15, -0.1) is 0 Å². The molecule has 1 heterocycles.